The molecule has 0 radical (unpaired) electrons. The summed E-state index contributed by atoms with van der Waals surface area (Å²) in [7, 11) is 0. The van der Waals surface area contributed by atoms with Crippen molar-refractivity contribution in [2.75, 3.05) is 26.2 Å². The van der Waals surface area contributed by atoms with E-state index in [1.54, 1.807) is 4.90 Å². The lowest BCUT2D eigenvalue weighted by Crippen LogP contribution is -3.29. The minimum Gasteiger partial charge on any atom is -0.323 e. The van der Waals surface area contributed by atoms with Gasteiger partial charge in [0.1, 0.15) is 32.2 Å². The van der Waals surface area contributed by atoms with Crippen molar-refractivity contribution in [3.05, 3.63) is 5.82 Å². The standard InChI is InChI=1S/C19H34N6/c1-2-7-18(19-20-21-22-25(19)17-10-5-6-11-17)24-14-12-23(13-15-24)16-8-3-4-9-16/h16-18H,2-15H2,1H3/p+2/t18-/m0/s1. The first kappa shape index (κ1) is 17.4. The van der Waals surface area contributed by atoms with Gasteiger partial charge in [-0.25, -0.2) is 4.68 Å². The minimum absolute atomic E-state index is 0.491. The maximum Gasteiger partial charge on any atom is 0.209 e. The van der Waals surface area contributed by atoms with Gasteiger partial charge < -0.3 is 9.80 Å². The zero-order valence-electron chi connectivity index (χ0n) is 15.9. The van der Waals surface area contributed by atoms with Crippen molar-refractivity contribution >= 4 is 0 Å². The molecule has 1 aromatic rings. The Morgan fingerprint density at radius 1 is 1.00 bits per heavy atom. The Bertz CT molecular complexity index is 524. The smallest absolute Gasteiger partial charge is 0.209 e. The number of piperazine rings is 1. The van der Waals surface area contributed by atoms with Crippen LogP contribution in [0, 0.1) is 0 Å². The summed E-state index contributed by atoms with van der Waals surface area (Å²) in [6.45, 7) is 7.55. The molecule has 1 aromatic heterocycles. The Labute approximate surface area is 151 Å². The molecule has 6 heteroatoms. The van der Waals surface area contributed by atoms with Crippen LogP contribution < -0.4 is 9.80 Å². The van der Waals surface area contributed by atoms with E-state index in [9.17, 15) is 0 Å². The second kappa shape index (κ2) is 8.12. The van der Waals surface area contributed by atoms with Crippen molar-refractivity contribution < 1.29 is 9.80 Å². The summed E-state index contributed by atoms with van der Waals surface area (Å²) in [5.74, 6) is 1.17. The SMILES string of the molecule is CCC[C@@H](c1nnnn1C1CCCC1)[NH+]1CC[NH+](C2CCCC2)CC1. The van der Waals surface area contributed by atoms with E-state index in [0.717, 1.165) is 6.04 Å². The number of quaternary nitrogens is 2. The van der Waals surface area contributed by atoms with Crippen LogP contribution in [0.5, 0.6) is 0 Å². The molecule has 2 saturated carbocycles. The van der Waals surface area contributed by atoms with E-state index in [2.05, 4.69) is 27.1 Å². The van der Waals surface area contributed by atoms with E-state index in [0.29, 0.717) is 12.1 Å². The number of aromatic nitrogens is 4. The van der Waals surface area contributed by atoms with Crippen LogP contribution in [0.15, 0.2) is 0 Å². The molecule has 0 unspecified atom stereocenters. The van der Waals surface area contributed by atoms with E-state index >= 15 is 0 Å². The maximum absolute atomic E-state index is 4.53. The van der Waals surface area contributed by atoms with Gasteiger partial charge in [-0.1, -0.05) is 26.2 Å². The normalized spacial score (nSPS) is 30.1. The third-order valence-corrected chi connectivity index (χ3v) is 7.04. The highest BCUT2D eigenvalue weighted by atomic mass is 15.6. The fraction of sp³-hybridized carbons (Fsp3) is 0.947. The maximum atomic E-state index is 4.53. The van der Waals surface area contributed by atoms with Crippen molar-refractivity contribution in [1.29, 1.82) is 0 Å². The molecule has 4 rings (SSSR count). The van der Waals surface area contributed by atoms with Crippen LogP contribution in [0.25, 0.3) is 0 Å². The molecule has 2 N–H and O–H groups in total. The summed E-state index contributed by atoms with van der Waals surface area (Å²) in [5.41, 5.74) is 0. The largest absolute Gasteiger partial charge is 0.323 e. The third-order valence-electron chi connectivity index (χ3n) is 7.04. The van der Waals surface area contributed by atoms with Gasteiger partial charge in [-0.15, -0.1) is 5.10 Å². The fourth-order valence-electron chi connectivity index (χ4n) is 5.63. The van der Waals surface area contributed by atoms with Crippen molar-refractivity contribution in [2.24, 2.45) is 0 Å². The lowest BCUT2D eigenvalue weighted by atomic mass is 10.1. The summed E-state index contributed by atoms with van der Waals surface area (Å²) < 4.78 is 2.20. The first-order valence-electron chi connectivity index (χ1n) is 10.8. The first-order chi connectivity index (χ1) is 12.4. The molecule has 1 atom stereocenters. The molecule has 25 heavy (non-hydrogen) atoms. The van der Waals surface area contributed by atoms with Gasteiger partial charge in [-0.05, 0) is 49.0 Å². The van der Waals surface area contributed by atoms with Crippen LogP contribution in [0.2, 0.25) is 0 Å². The topological polar surface area (TPSA) is 52.5 Å². The lowest BCUT2D eigenvalue weighted by Gasteiger charge is -2.36. The Balaban J connectivity index is 1.44. The number of hydrogen-bond donors (Lipinski definition) is 2. The van der Waals surface area contributed by atoms with Gasteiger partial charge in [-0.3, -0.25) is 0 Å². The highest BCUT2D eigenvalue weighted by Gasteiger charge is 2.37. The molecule has 1 aliphatic heterocycles. The molecule has 0 bridgehead atoms. The summed E-state index contributed by atoms with van der Waals surface area (Å²) in [5, 5.41) is 13.0. The number of hydrogen-bond acceptors (Lipinski definition) is 3. The monoisotopic (exact) mass is 348 g/mol. The van der Waals surface area contributed by atoms with Crippen LogP contribution in [0.3, 0.4) is 0 Å². The molecule has 2 aliphatic carbocycles. The molecule has 0 spiro atoms. The molecular weight excluding hydrogens is 312 g/mol. The summed E-state index contributed by atoms with van der Waals surface area (Å²) in [6, 6.07) is 2.00. The molecule has 1 saturated heterocycles. The van der Waals surface area contributed by atoms with Gasteiger partial charge in [0.2, 0.25) is 5.82 Å². The van der Waals surface area contributed by atoms with Crippen LogP contribution in [0.1, 0.15) is 89.0 Å². The lowest BCUT2D eigenvalue weighted by molar-refractivity contribution is -1.04. The highest BCUT2D eigenvalue weighted by Crippen LogP contribution is 2.30. The minimum atomic E-state index is 0.491. The van der Waals surface area contributed by atoms with Crippen molar-refractivity contribution in [3.8, 4) is 0 Å². The Kier molecular flexibility index (Phi) is 5.66. The van der Waals surface area contributed by atoms with E-state index in [-0.39, 0.29) is 0 Å². The molecule has 2 heterocycles. The Morgan fingerprint density at radius 2 is 1.68 bits per heavy atom. The van der Waals surface area contributed by atoms with Gasteiger partial charge in [0.05, 0.1) is 12.1 Å². The van der Waals surface area contributed by atoms with Gasteiger partial charge >= 0.3 is 0 Å². The van der Waals surface area contributed by atoms with Crippen LogP contribution in [0.4, 0.5) is 0 Å². The van der Waals surface area contributed by atoms with Crippen molar-refractivity contribution in [1.82, 2.24) is 20.2 Å². The van der Waals surface area contributed by atoms with E-state index < -0.39 is 0 Å². The summed E-state index contributed by atoms with van der Waals surface area (Å²) in [6.07, 6.45) is 13.4. The second-order valence-electron chi connectivity index (χ2n) is 8.56. The van der Waals surface area contributed by atoms with Gasteiger partial charge in [0.15, 0.2) is 0 Å². The molecule has 3 fully saturated rings. The zero-order chi connectivity index (χ0) is 17.1. The van der Waals surface area contributed by atoms with Crippen LogP contribution in [-0.4, -0.2) is 52.4 Å². The zero-order valence-corrected chi connectivity index (χ0v) is 15.9. The predicted molar refractivity (Wildman–Crippen MR) is 96.6 cm³/mol. The number of nitrogens with one attached hydrogen (secondary N) is 2. The van der Waals surface area contributed by atoms with Crippen LogP contribution >= 0.6 is 0 Å². The molecular formula is C19H36N6+2. The first-order valence-corrected chi connectivity index (χ1v) is 10.8. The van der Waals surface area contributed by atoms with Gasteiger partial charge in [-0.2, -0.15) is 0 Å². The average molecular weight is 349 g/mol. The van der Waals surface area contributed by atoms with Gasteiger partial charge in [0, 0.05) is 6.42 Å². The number of tetrazole rings is 1. The van der Waals surface area contributed by atoms with E-state index in [4.69, 9.17) is 0 Å². The van der Waals surface area contributed by atoms with Gasteiger partial charge in [0.25, 0.3) is 0 Å². The predicted octanol–water partition coefficient (Wildman–Crippen LogP) is 0.355. The van der Waals surface area contributed by atoms with E-state index in [1.807, 2.05) is 4.90 Å². The molecule has 6 nitrogen and oxygen atoms in total. The second-order valence-corrected chi connectivity index (χ2v) is 8.56. The molecule has 140 valence electrons. The molecule has 3 aliphatic rings. The van der Waals surface area contributed by atoms with Crippen molar-refractivity contribution in [2.45, 2.75) is 89.3 Å². The number of nitrogens with zero attached hydrogens (tertiary/aromatic N) is 4. The quantitative estimate of drug-likeness (QED) is 0.780. The Morgan fingerprint density at radius 3 is 2.36 bits per heavy atom. The van der Waals surface area contributed by atoms with Crippen LogP contribution in [-0.2, 0) is 0 Å². The number of rotatable bonds is 6. The summed E-state index contributed by atoms with van der Waals surface area (Å²) >= 11 is 0. The van der Waals surface area contributed by atoms with E-state index in [1.165, 1.54) is 96.2 Å². The fourth-order valence-corrected chi connectivity index (χ4v) is 5.63. The average Bonchev–Trinajstić information content (AvgIpc) is 3.42. The summed E-state index contributed by atoms with van der Waals surface area (Å²) in [4.78, 5) is 3.62. The Hall–Kier alpha value is -1.01. The molecule has 0 aromatic carbocycles. The third kappa shape index (κ3) is 3.75. The highest BCUT2D eigenvalue weighted by molar-refractivity contribution is 4.91. The van der Waals surface area contributed by atoms with Crippen molar-refractivity contribution in [3.63, 3.8) is 0 Å². The molecule has 0 amide bonds.